The van der Waals surface area contributed by atoms with Gasteiger partial charge in [0, 0.05) is 12.6 Å². The standard InChI is InChI=1S/C9H13N5O/c1-6(15)12-7-3-2-4-8(5-7)13-9(10)14-11/h2-5H,11H2,1H3,(H,12,15)(H3,10,13,14). The van der Waals surface area contributed by atoms with Crippen LogP contribution in [0, 0.1) is 0 Å². The molecule has 15 heavy (non-hydrogen) atoms. The summed E-state index contributed by atoms with van der Waals surface area (Å²) >= 11 is 0. The predicted octanol–water partition coefficient (Wildman–Crippen LogP) is 0.0545. The lowest BCUT2D eigenvalue weighted by Gasteiger charge is -2.03. The van der Waals surface area contributed by atoms with Crippen LogP contribution in [0.4, 0.5) is 11.4 Å². The Kier molecular flexibility index (Phi) is 3.64. The molecular formula is C9H13N5O. The molecule has 6 N–H and O–H groups in total. The van der Waals surface area contributed by atoms with Crippen molar-refractivity contribution in [2.45, 2.75) is 6.92 Å². The van der Waals surface area contributed by atoms with Crippen molar-refractivity contribution < 1.29 is 4.79 Å². The van der Waals surface area contributed by atoms with E-state index in [2.05, 4.69) is 15.7 Å². The number of anilines is 1. The summed E-state index contributed by atoms with van der Waals surface area (Å²) in [5, 5.41) is 2.64. The van der Waals surface area contributed by atoms with Gasteiger partial charge in [0.2, 0.25) is 11.9 Å². The van der Waals surface area contributed by atoms with Gasteiger partial charge in [0.25, 0.3) is 0 Å². The monoisotopic (exact) mass is 207 g/mol. The fourth-order valence-corrected chi connectivity index (χ4v) is 1.03. The van der Waals surface area contributed by atoms with Gasteiger partial charge in [0.1, 0.15) is 0 Å². The van der Waals surface area contributed by atoms with Crippen molar-refractivity contribution in [2.75, 3.05) is 5.32 Å². The van der Waals surface area contributed by atoms with Crippen LogP contribution in [0.3, 0.4) is 0 Å². The number of amides is 1. The smallest absolute Gasteiger partial charge is 0.221 e. The molecule has 0 aliphatic rings. The van der Waals surface area contributed by atoms with Crippen LogP contribution >= 0.6 is 0 Å². The minimum atomic E-state index is -0.138. The molecule has 0 radical (unpaired) electrons. The number of aliphatic imine (C=N–C) groups is 1. The molecule has 0 fully saturated rings. The van der Waals surface area contributed by atoms with Crippen molar-refractivity contribution in [3.05, 3.63) is 24.3 Å². The number of nitrogens with zero attached hydrogens (tertiary/aromatic N) is 1. The van der Waals surface area contributed by atoms with E-state index in [-0.39, 0.29) is 11.9 Å². The van der Waals surface area contributed by atoms with E-state index in [0.717, 1.165) is 0 Å². The van der Waals surface area contributed by atoms with Crippen molar-refractivity contribution in [2.24, 2.45) is 16.6 Å². The SMILES string of the molecule is CC(=O)Nc1cccc(N=C(N)NN)c1. The molecule has 6 heteroatoms. The Balaban J connectivity index is 2.87. The Morgan fingerprint density at radius 3 is 2.80 bits per heavy atom. The maximum Gasteiger partial charge on any atom is 0.221 e. The largest absolute Gasteiger partial charge is 0.369 e. The number of carbonyl (C=O) groups excluding carboxylic acids is 1. The fraction of sp³-hybridized carbons (Fsp3) is 0.111. The summed E-state index contributed by atoms with van der Waals surface area (Å²) in [5.74, 6) is 5.03. The first-order valence-electron chi connectivity index (χ1n) is 4.30. The summed E-state index contributed by atoms with van der Waals surface area (Å²) < 4.78 is 0. The van der Waals surface area contributed by atoms with Crippen molar-refractivity contribution >= 4 is 23.2 Å². The summed E-state index contributed by atoms with van der Waals surface area (Å²) in [6.07, 6.45) is 0. The molecule has 1 aromatic carbocycles. The molecule has 0 aliphatic carbocycles. The molecule has 0 spiro atoms. The van der Waals surface area contributed by atoms with E-state index in [9.17, 15) is 4.79 Å². The molecule has 0 unspecified atom stereocenters. The van der Waals surface area contributed by atoms with Gasteiger partial charge in [0.15, 0.2) is 0 Å². The molecule has 0 bridgehead atoms. The average molecular weight is 207 g/mol. The Bertz CT molecular complexity index is 388. The zero-order valence-corrected chi connectivity index (χ0v) is 8.32. The summed E-state index contributed by atoms with van der Waals surface area (Å²) in [6, 6.07) is 6.95. The van der Waals surface area contributed by atoms with E-state index in [0.29, 0.717) is 11.4 Å². The lowest BCUT2D eigenvalue weighted by molar-refractivity contribution is -0.114. The van der Waals surface area contributed by atoms with Crippen LogP contribution in [0.2, 0.25) is 0 Å². The van der Waals surface area contributed by atoms with Gasteiger partial charge < -0.3 is 11.1 Å². The minimum absolute atomic E-state index is 0.106. The van der Waals surface area contributed by atoms with Crippen LogP contribution in [0.15, 0.2) is 29.3 Å². The third-order valence-electron chi connectivity index (χ3n) is 1.56. The number of benzene rings is 1. The lowest BCUT2D eigenvalue weighted by Crippen LogP contribution is -2.36. The van der Waals surface area contributed by atoms with Gasteiger partial charge in [-0.15, -0.1) is 0 Å². The molecule has 0 saturated heterocycles. The molecule has 0 atom stereocenters. The second-order valence-electron chi connectivity index (χ2n) is 2.87. The molecule has 0 heterocycles. The zero-order valence-electron chi connectivity index (χ0n) is 8.32. The van der Waals surface area contributed by atoms with E-state index in [1.54, 1.807) is 24.3 Å². The highest BCUT2D eigenvalue weighted by Gasteiger charge is 1.97. The van der Waals surface area contributed by atoms with Gasteiger partial charge in [-0.25, -0.2) is 10.8 Å². The minimum Gasteiger partial charge on any atom is -0.369 e. The number of nitrogens with two attached hydrogens (primary N) is 2. The molecule has 1 rings (SSSR count). The van der Waals surface area contributed by atoms with Gasteiger partial charge in [-0.3, -0.25) is 10.2 Å². The highest BCUT2D eigenvalue weighted by atomic mass is 16.1. The number of carbonyl (C=O) groups is 1. The number of hydrogen-bond acceptors (Lipinski definition) is 3. The molecule has 80 valence electrons. The van der Waals surface area contributed by atoms with Gasteiger partial charge in [0.05, 0.1) is 5.69 Å². The second kappa shape index (κ2) is 4.97. The van der Waals surface area contributed by atoms with Gasteiger partial charge in [-0.1, -0.05) is 6.07 Å². The number of guanidine groups is 1. The molecule has 0 aromatic heterocycles. The van der Waals surface area contributed by atoms with Crippen LogP contribution in [0.25, 0.3) is 0 Å². The van der Waals surface area contributed by atoms with E-state index < -0.39 is 0 Å². The van der Waals surface area contributed by atoms with Crippen molar-refractivity contribution in [3.8, 4) is 0 Å². The fourth-order valence-electron chi connectivity index (χ4n) is 1.03. The van der Waals surface area contributed by atoms with Crippen molar-refractivity contribution in [1.29, 1.82) is 0 Å². The highest BCUT2D eigenvalue weighted by Crippen LogP contribution is 2.17. The molecule has 1 amide bonds. The molecule has 6 nitrogen and oxygen atoms in total. The Labute approximate surface area is 87.3 Å². The average Bonchev–Trinajstić information content (AvgIpc) is 2.17. The van der Waals surface area contributed by atoms with Crippen LogP contribution < -0.4 is 22.3 Å². The normalized spacial score (nSPS) is 10.9. The zero-order chi connectivity index (χ0) is 11.3. The third-order valence-corrected chi connectivity index (χ3v) is 1.56. The third kappa shape index (κ3) is 3.65. The lowest BCUT2D eigenvalue weighted by atomic mass is 10.3. The highest BCUT2D eigenvalue weighted by molar-refractivity contribution is 5.89. The summed E-state index contributed by atoms with van der Waals surface area (Å²) in [4.78, 5) is 14.8. The molecule has 0 saturated carbocycles. The van der Waals surface area contributed by atoms with E-state index in [1.165, 1.54) is 6.92 Å². The van der Waals surface area contributed by atoms with Gasteiger partial charge >= 0.3 is 0 Å². The van der Waals surface area contributed by atoms with Crippen LogP contribution in [0.5, 0.6) is 0 Å². The van der Waals surface area contributed by atoms with Crippen molar-refractivity contribution in [3.63, 3.8) is 0 Å². The first-order valence-corrected chi connectivity index (χ1v) is 4.30. The first-order chi connectivity index (χ1) is 7.11. The van der Waals surface area contributed by atoms with Crippen LogP contribution in [-0.4, -0.2) is 11.9 Å². The molecule has 1 aromatic rings. The Morgan fingerprint density at radius 2 is 2.20 bits per heavy atom. The quantitative estimate of drug-likeness (QED) is 0.238. The first kappa shape index (κ1) is 11.0. The maximum atomic E-state index is 10.8. The topological polar surface area (TPSA) is 106 Å². The van der Waals surface area contributed by atoms with Gasteiger partial charge in [-0.05, 0) is 18.2 Å². The number of hydrazine groups is 1. The van der Waals surface area contributed by atoms with E-state index in [4.69, 9.17) is 11.6 Å². The summed E-state index contributed by atoms with van der Waals surface area (Å²) in [7, 11) is 0. The summed E-state index contributed by atoms with van der Waals surface area (Å²) in [6.45, 7) is 1.44. The molecular weight excluding hydrogens is 194 g/mol. The van der Waals surface area contributed by atoms with E-state index >= 15 is 0 Å². The summed E-state index contributed by atoms with van der Waals surface area (Å²) in [5.41, 5.74) is 8.87. The number of hydrogen-bond donors (Lipinski definition) is 4. The maximum absolute atomic E-state index is 10.8. The Morgan fingerprint density at radius 1 is 1.47 bits per heavy atom. The van der Waals surface area contributed by atoms with Crippen molar-refractivity contribution in [1.82, 2.24) is 5.43 Å². The van der Waals surface area contributed by atoms with Crippen LogP contribution in [-0.2, 0) is 4.79 Å². The predicted molar refractivity (Wildman–Crippen MR) is 59.4 cm³/mol. The second-order valence-corrected chi connectivity index (χ2v) is 2.87. The van der Waals surface area contributed by atoms with Gasteiger partial charge in [-0.2, -0.15) is 0 Å². The number of rotatable bonds is 2. The Hall–Kier alpha value is -2.08. The number of nitrogens with one attached hydrogen (secondary N) is 2. The van der Waals surface area contributed by atoms with Crippen LogP contribution in [0.1, 0.15) is 6.92 Å². The van der Waals surface area contributed by atoms with E-state index in [1.807, 2.05) is 0 Å². The molecule has 0 aliphatic heterocycles.